The van der Waals surface area contributed by atoms with Gasteiger partial charge in [-0.1, -0.05) is 6.92 Å². The topological polar surface area (TPSA) is 47.3 Å². The van der Waals surface area contributed by atoms with Gasteiger partial charge in [0.05, 0.1) is 21.8 Å². The monoisotopic (exact) mass is 312 g/mol. The molecule has 1 saturated heterocycles. The van der Waals surface area contributed by atoms with Crippen molar-refractivity contribution in [3.63, 3.8) is 0 Å². The van der Waals surface area contributed by atoms with Gasteiger partial charge in [-0.25, -0.2) is 4.39 Å². The van der Waals surface area contributed by atoms with Crippen LogP contribution in [-0.4, -0.2) is 24.3 Å². The molecule has 1 heterocycles. The summed E-state index contributed by atoms with van der Waals surface area (Å²) in [6, 6.07) is 5.12. The van der Waals surface area contributed by atoms with Crippen molar-refractivity contribution < 1.29 is 9.50 Å². The molecule has 2 unspecified atom stereocenters. The van der Waals surface area contributed by atoms with E-state index >= 15 is 0 Å². The molecule has 0 saturated carbocycles. The van der Waals surface area contributed by atoms with Gasteiger partial charge >= 0.3 is 0 Å². The molecule has 1 aromatic carbocycles. The van der Waals surface area contributed by atoms with Gasteiger partial charge in [0.2, 0.25) is 0 Å². The lowest BCUT2D eigenvalue weighted by Crippen LogP contribution is -2.43. The molecule has 1 aliphatic rings. The van der Waals surface area contributed by atoms with Crippen molar-refractivity contribution in [2.45, 2.75) is 19.4 Å². The Morgan fingerprint density at radius 2 is 2.28 bits per heavy atom. The van der Waals surface area contributed by atoms with Crippen molar-refractivity contribution in [3.8, 4) is 6.07 Å². The van der Waals surface area contributed by atoms with Gasteiger partial charge in [-0.15, -0.1) is 0 Å². The molecule has 1 aromatic rings. The number of β-amino-alcohol motifs (C(OH)–C–C–N with tert-alkyl or cyclic N) is 1. The van der Waals surface area contributed by atoms with Gasteiger partial charge in [0.25, 0.3) is 0 Å². The number of anilines is 1. The van der Waals surface area contributed by atoms with E-state index in [1.165, 1.54) is 0 Å². The van der Waals surface area contributed by atoms with Crippen LogP contribution in [0.3, 0.4) is 0 Å². The zero-order chi connectivity index (χ0) is 13.3. The van der Waals surface area contributed by atoms with Crippen LogP contribution in [0.25, 0.3) is 0 Å². The first-order valence-electron chi connectivity index (χ1n) is 5.85. The second-order valence-electron chi connectivity index (χ2n) is 4.65. The van der Waals surface area contributed by atoms with Gasteiger partial charge in [-0.2, -0.15) is 5.26 Å². The molecular weight excluding hydrogens is 299 g/mol. The number of aliphatic hydroxyl groups is 1. The van der Waals surface area contributed by atoms with E-state index in [-0.39, 0.29) is 16.0 Å². The summed E-state index contributed by atoms with van der Waals surface area (Å²) in [5, 5.41) is 18.7. The molecule has 96 valence electrons. The Kier molecular flexibility index (Phi) is 3.88. The van der Waals surface area contributed by atoms with Crippen molar-refractivity contribution >= 4 is 21.6 Å². The molecule has 1 aliphatic heterocycles. The van der Waals surface area contributed by atoms with E-state index in [2.05, 4.69) is 15.9 Å². The zero-order valence-electron chi connectivity index (χ0n) is 10.0. The average molecular weight is 313 g/mol. The van der Waals surface area contributed by atoms with E-state index in [9.17, 15) is 9.50 Å². The Hall–Kier alpha value is -1.12. The fraction of sp³-hybridized carbons (Fsp3) is 0.462. The number of nitriles is 1. The van der Waals surface area contributed by atoms with Gasteiger partial charge in [0.1, 0.15) is 6.07 Å². The number of hydrogen-bond acceptors (Lipinski definition) is 3. The average Bonchev–Trinajstić information content (AvgIpc) is 2.36. The van der Waals surface area contributed by atoms with Crippen LogP contribution in [0.5, 0.6) is 0 Å². The number of benzene rings is 1. The maximum Gasteiger partial charge on any atom is 0.161 e. The number of piperidine rings is 1. The number of halogens is 2. The minimum atomic E-state index is -0.437. The number of aliphatic hydroxyl groups excluding tert-OH is 1. The molecular formula is C13H14BrFN2O. The molecule has 3 nitrogen and oxygen atoms in total. The maximum absolute atomic E-state index is 14.1. The summed E-state index contributed by atoms with van der Waals surface area (Å²) in [5.41, 5.74) is 0.717. The lowest BCUT2D eigenvalue weighted by molar-refractivity contribution is 0.102. The second-order valence-corrected chi connectivity index (χ2v) is 5.44. The molecule has 2 atom stereocenters. The van der Waals surface area contributed by atoms with Crippen LogP contribution in [0.15, 0.2) is 16.6 Å². The highest BCUT2D eigenvalue weighted by molar-refractivity contribution is 9.10. The van der Waals surface area contributed by atoms with E-state index in [0.29, 0.717) is 18.8 Å². The third-order valence-electron chi connectivity index (χ3n) is 3.44. The first-order valence-corrected chi connectivity index (χ1v) is 6.65. The van der Waals surface area contributed by atoms with Crippen LogP contribution in [0.2, 0.25) is 0 Å². The molecule has 18 heavy (non-hydrogen) atoms. The van der Waals surface area contributed by atoms with Crippen LogP contribution >= 0.6 is 15.9 Å². The fourth-order valence-corrected chi connectivity index (χ4v) is 2.56. The largest absolute Gasteiger partial charge is 0.391 e. The summed E-state index contributed by atoms with van der Waals surface area (Å²) >= 11 is 3.10. The summed E-state index contributed by atoms with van der Waals surface area (Å²) in [5.74, 6) is -0.193. The van der Waals surface area contributed by atoms with Crippen molar-refractivity contribution in [1.29, 1.82) is 5.26 Å². The number of hydrogen-bond donors (Lipinski definition) is 1. The summed E-state index contributed by atoms with van der Waals surface area (Å²) in [7, 11) is 0. The minimum Gasteiger partial charge on any atom is -0.391 e. The third kappa shape index (κ3) is 2.36. The molecule has 0 spiro atoms. The van der Waals surface area contributed by atoms with Crippen molar-refractivity contribution in [2.24, 2.45) is 5.92 Å². The smallest absolute Gasteiger partial charge is 0.161 e. The molecule has 0 amide bonds. The normalized spacial score (nSPS) is 23.8. The predicted octanol–water partition coefficient (Wildman–Crippen LogP) is 2.67. The molecule has 0 aliphatic carbocycles. The standard InChI is InChI=1S/C13H14BrFN2O/c1-8-4-5-17(7-11(8)18)10-3-2-9(6-16)12(14)13(10)15/h2-3,8,11,18H,4-5,7H2,1H3. The highest BCUT2D eigenvalue weighted by Gasteiger charge is 2.26. The molecule has 2 rings (SSSR count). The lowest BCUT2D eigenvalue weighted by Gasteiger charge is -2.36. The third-order valence-corrected chi connectivity index (χ3v) is 4.22. The van der Waals surface area contributed by atoms with Crippen molar-refractivity contribution in [1.82, 2.24) is 0 Å². The van der Waals surface area contributed by atoms with Gasteiger partial charge < -0.3 is 10.0 Å². The van der Waals surface area contributed by atoms with E-state index in [1.54, 1.807) is 12.1 Å². The van der Waals surface area contributed by atoms with Gasteiger partial charge in [0, 0.05) is 13.1 Å². The van der Waals surface area contributed by atoms with E-state index in [0.717, 1.165) is 6.42 Å². The molecule has 5 heteroatoms. The van der Waals surface area contributed by atoms with Crippen molar-refractivity contribution in [2.75, 3.05) is 18.0 Å². The van der Waals surface area contributed by atoms with Crippen molar-refractivity contribution in [3.05, 3.63) is 28.0 Å². The van der Waals surface area contributed by atoms with Gasteiger partial charge in [0.15, 0.2) is 5.82 Å². The second kappa shape index (κ2) is 5.25. The Bertz CT molecular complexity index is 500. The Labute approximate surface area is 114 Å². The number of nitrogens with zero attached hydrogens (tertiary/aromatic N) is 2. The Morgan fingerprint density at radius 1 is 1.56 bits per heavy atom. The van der Waals surface area contributed by atoms with Crippen LogP contribution in [0.1, 0.15) is 18.9 Å². The molecule has 0 radical (unpaired) electrons. The lowest BCUT2D eigenvalue weighted by atomic mass is 9.95. The van der Waals surface area contributed by atoms with Gasteiger partial charge in [-0.3, -0.25) is 0 Å². The minimum absolute atomic E-state index is 0.190. The van der Waals surface area contributed by atoms with Crippen LogP contribution in [0.4, 0.5) is 10.1 Å². The summed E-state index contributed by atoms with van der Waals surface area (Å²) in [6.07, 6.45) is 0.394. The first-order chi connectivity index (χ1) is 8.54. The van der Waals surface area contributed by atoms with E-state index < -0.39 is 11.9 Å². The quantitative estimate of drug-likeness (QED) is 0.867. The summed E-state index contributed by atoms with van der Waals surface area (Å²) < 4.78 is 14.3. The SMILES string of the molecule is CC1CCN(c2ccc(C#N)c(Br)c2F)CC1O. The van der Waals surface area contributed by atoms with E-state index in [4.69, 9.17) is 5.26 Å². The first kappa shape index (κ1) is 13.3. The molecule has 1 N–H and O–H groups in total. The molecule has 0 bridgehead atoms. The van der Waals surface area contributed by atoms with Gasteiger partial charge in [-0.05, 0) is 40.4 Å². The Morgan fingerprint density at radius 3 is 2.89 bits per heavy atom. The molecule has 0 aromatic heterocycles. The summed E-state index contributed by atoms with van der Waals surface area (Å²) in [4.78, 5) is 1.83. The predicted molar refractivity (Wildman–Crippen MR) is 70.8 cm³/mol. The summed E-state index contributed by atoms with van der Waals surface area (Å²) in [6.45, 7) is 3.14. The zero-order valence-corrected chi connectivity index (χ0v) is 11.6. The maximum atomic E-state index is 14.1. The highest BCUT2D eigenvalue weighted by Crippen LogP contribution is 2.31. The Balaban J connectivity index is 2.30. The number of rotatable bonds is 1. The van der Waals surface area contributed by atoms with Crippen LogP contribution < -0.4 is 4.90 Å². The van der Waals surface area contributed by atoms with E-state index in [1.807, 2.05) is 17.9 Å². The molecule has 1 fully saturated rings. The van der Waals surface area contributed by atoms with Crippen LogP contribution in [-0.2, 0) is 0 Å². The fourth-order valence-electron chi connectivity index (χ4n) is 2.14. The highest BCUT2D eigenvalue weighted by atomic mass is 79.9. The van der Waals surface area contributed by atoms with Crippen LogP contribution in [0, 0.1) is 23.1 Å².